The topological polar surface area (TPSA) is 43.7 Å². The molecule has 0 bridgehead atoms. The number of nitrogens with zero attached hydrogens (tertiary/aromatic N) is 1. The van der Waals surface area contributed by atoms with Crippen molar-refractivity contribution in [1.82, 2.24) is 4.90 Å². The molecule has 20 heavy (non-hydrogen) atoms. The van der Waals surface area contributed by atoms with E-state index in [1.54, 1.807) is 0 Å². The van der Waals surface area contributed by atoms with Crippen molar-refractivity contribution in [3.8, 4) is 0 Å². The number of likely N-dealkylation sites (tertiary alicyclic amines) is 1. The summed E-state index contributed by atoms with van der Waals surface area (Å²) in [6, 6.07) is 6.22. The van der Waals surface area contributed by atoms with E-state index in [9.17, 15) is 10.2 Å². The average Bonchev–Trinajstić information content (AvgIpc) is 2.39. The van der Waals surface area contributed by atoms with Crippen LogP contribution in [-0.4, -0.2) is 40.9 Å². The molecule has 0 aliphatic carbocycles. The van der Waals surface area contributed by atoms with Crippen LogP contribution >= 0.6 is 0 Å². The van der Waals surface area contributed by atoms with Crippen LogP contribution in [0.2, 0.25) is 0 Å². The van der Waals surface area contributed by atoms with Crippen molar-refractivity contribution >= 4 is 0 Å². The summed E-state index contributed by atoms with van der Waals surface area (Å²) in [5, 5.41) is 20.0. The Balaban J connectivity index is 1.90. The average molecular weight is 277 g/mol. The molecule has 2 atom stereocenters. The lowest BCUT2D eigenvalue weighted by molar-refractivity contribution is 0.0484. The molecule has 2 N–H and O–H groups in total. The summed E-state index contributed by atoms with van der Waals surface area (Å²) in [6.45, 7) is 8.64. The van der Waals surface area contributed by atoms with Crippen molar-refractivity contribution in [2.75, 3.05) is 19.6 Å². The molecule has 2 unspecified atom stereocenters. The molecule has 0 saturated carbocycles. The zero-order valence-corrected chi connectivity index (χ0v) is 12.8. The molecule has 3 nitrogen and oxygen atoms in total. The van der Waals surface area contributed by atoms with Crippen molar-refractivity contribution in [1.29, 1.82) is 0 Å². The number of β-amino-alcohol motifs (C(OH)–C–C–N with tert-alkyl or cyclic N) is 1. The number of benzene rings is 1. The molecule has 3 heteroatoms. The SMILES string of the molecule is Cc1ccc(C(O)CN2CCC(C(C)O)CC2)c(C)c1. The Morgan fingerprint density at radius 2 is 1.85 bits per heavy atom. The van der Waals surface area contributed by atoms with E-state index >= 15 is 0 Å². The predicted molar refractivity (Wildman–Crippen MR) is 81.7 cm³/mol. The fraction of sp³-hybridized carbons (Fsp3) is 0.647. The van der Waals surface area contributed by atoms with Gasteiger partial charge >= 0.3 is 0 Å². The predicted octanol–water partition coefficient (Wildman–Crippen LogP) is 2.43. The van der Waals surface area contributed by atoms with Crippen molar-refractivity contribution < 1.29 is 10.2 Å². The van der Waals surface area contributed by atoms with Gasteiger partial charge in [-0.25, -0.2) is 0 Å². The van der Waals surface area contributed by atoms with Crippen LogP contribution < -0.4 is 0 Å². The third-order valence-corrected chi connectivity index (χ3v) is 4.53. The molecule has 0 radical (unpaired) electrons. The van der Waals surface area contributed by atoms with E-state index in [2.05, 4.69) is 30.9 Å². The van der Waals surface area contributed by atoms with Crippen LogP contribution in [0.4, 0.5) is 0 Å². The maximum atomic E-state index is 10.4. The van der Waals surface area contributed by atoms with Gasteiger partial charge in [0, 0.05) is 6.54 Å². The highest BCUT2D eigenvalue weighted by atomic mass is 16.3. The Kier molecular flexibility index (Phi) is 5.19. The number of hydrogen-bond donors (Lipinski definition) is 2. The highest BCUT2D eigenvalue weighted by Gasteiger charge is 2.24. The number of hydrogen-bond acceptors (Lipinski definition) is 3. The largest absolute Gasteiger partial charge is 0.393 e. The van der Waals surface area contributed by atoms with Gasteiger partial charge in [-0.2, -0.15) is 0 Å². The summed E-state index contributed by atoms with van der Waals surface area (Å²) < 4.78 is 0. The van der Waals surface area contributed by atoms with Gasteiger partial charge < -0.3 is 15.1 Å². The fourth-order valence-corrected chi connectivity index (χ4v) is 3.16. The van der Waals surface area contributed by atoms with Crippen molar-refractivity contribution in [3.05, 3.63) is 34.9 Å². The van der Waals surface area contributed by atoms with E-state index in [4.69, 9.17) is 0 Å². The summed E-state index contributed by atoms with van der Waals surface area (Å²) in [5.74, 6) is 0.421. The number of rotatable bonds is 4. The zero-order chi connectivity index (χ0) is 14.7. The first kappa shape index (κ1) is 15.5. The van der Waals surface area contributed by atoms with Crippen molar-refractivity contribution in [3.63, 3.8) is 0 Å². The van der Waals surface area contributed by atoms with Gasteiger partial charge in [0.2, 0.25) is 0 Å². The monoisotopic (exact) mass is 277 g/mol. The highest BCUT2D eigenvalue weighted by Crippen LogP contribution is 2.24. The smallest absolute Gasteiger partial charge is 0.0919 e. The standard InChI is InChI=1S/C17H27NO2/c1-12-4-5-16(13(2)10-12)17(20)11-18-8-6-15(7-9-18)14(3)19/h4-5,10,14-15,17,19-20H,6-9,11H2,1-3H3. The second-order valence-corrected chi connectivity index (χ2v) is 6.25. The van der Waals surface area contributed by atoms with Crippen LogP contribution in [-0.2, 0) is 0 Å². The summed E-state index contributed by atoms with van der Waals surface area (Å²) in [5.41, 5.74) is 3.43. The number of piperidine rings is 1. The van der Waals surface area contributed by atoms with Gasteiger partial charge in [-0.05, 0) is 63.7 Å². The van der Waals surface area contributed by atoms with Gasteiger partial charge in [0.15, 0.2) is 0 Å². The molecule has 2 rings (SSSR count). The molecule has 1 aromatic carbocycles. The van der Waals surface area contributed by atoms with Crippen LogP contribution in [0.3, 0.4) is 0 Å². The van der Waals surface area contributed by atoms with Gasteiger partial charge in [0.05, 0.1) is 12.2 Å². The van der Waals surface area contributed by atoms with E-state index in [1.165, 1.54) is 5.56 Å². The molecule has 1 aliphatic heterocycles. The van der Waals surface area contributed by atoms with Gasteiger partial charge in [-0.1, -0.05) is 23.8 Å². The zero-order valence-electron chi connectivity index (χ0n) is 12.8. The first-order chi connectivity index (χ1) is 9.47. The summed E-state index contributed by atoms with van der Waals surface area (Å²) in [6.07, 6.45) is 1.43. The lowest BCUT2D eigenvalue weighted by Crippen LogP contribution is -2.39. The van der Waals surface area contributed by atoms with Gasteiger partial charge in [-0.3, -0.25) is 0 Å². The Morgan fingerprint density at radius 3 is 2.40 bits per heavy atom. The van der Waals surface area contributed by atoms with Crippen LogP contribution in [0.25, 0.3) is 0 Å². The Bertz CT molecular complexity index is 437. The van der Waals surface area contributed by atoms with Crippen LogP contribution in [0, 0.1) is 19.8 Å². The number of aliphatic hydroxyl groups excluding tert-OH is 2. The van der Waals surface area contributed by atoms with Crippen LogP contribution in [0.15, 0.2) is 18.2 Å². The fourth-order valence-electron chi connectivity index (χ4n) is 3.16. The minimum absolute atomic E-state index is 0.207. The second kappa shape index (κ2) is 6.70. The maximum Gasteiger partial charge on any atom is 0.0919 e. The molecular formula is C17H27NO2. The molecule has 1 heterocycles. The van der Waals surface area contributed by atoms with Gasteiger partial charge in [-0.15, -0.1) is 0 Å². The normalized spacial score (nSPS) is 20.9. The van der Waals surface area contributed by atoms with Gasteiger partial charge in [0.25, 0.3) is 0 Å². The van der Waals surface area contributed by atoms with E-state index in [0.717, 1.165) is 37.1 Å². The third-order valence-electron chi connectivity index (χ3n) is 4.53. The lowest BCUT2D eigenvalue weighted by Gasteiger charge is -2.34. The molecule has 0 spiro atoms. The summed E-state index contributed by atoms with van der Waals surface area (Å²) >= 11 is 0. The van der Waals surface area contributed by atoms with Crippen molar-refractivity contribution in [2.24, 2.45) is 5.92 Å². The number of aliphatic hydroxyl groups is 2. The molecule has 1 aliphatic rings. The summed E-state index contributed by atoms with van der Waals surface area (Å²) in [7, 11) is 0. The quantitative estimate of drug-likeness (QED) is 0.888. The molecule has 0 aromatic heterocycles. The maximum absolute atomic E-state index is 10.4. The Hall–Kier alpha value is -0.900. The van der Waals surface area contributed by atoms with E-state index in [-0.39, 0.29) is 6.10 Å². The first-order valence-corrected chi connectivity index (χ1v) is 7.63. The molecule has 112 valence electrons. The second-order valence-electron chi connectivity index (χ2n) is 6.25. The third kappa shape index (κ3) is 3.81. The number of aryl methyl sites for hydroxylation is 2. The van der Waals surface area contributed by atoms with E-state index in [1.807, 2.05) is 13.0 Å². The van der Waals surface area contributed by atoms with Crippen LogP contribution in [0.1, 0.15) is 42.6 Å². The molecule has 1 saturated heterocycles. The molecule has 1 fully saturated rings. The van der Waals surface area contributed by atoms with E-state index in [0.29, 0.717) is 12.5 Å². The Morgan fingerprint density at radius 1 is 1.20 bits per heavy atom. The molecular weight excluding hydrogens is 250 g/mol. The molecule has 1 aromatic rings. The minimum atomic E-state index is -0.418. The Labute approximate surface area is 122 Å². The van der Waals surface area contributed by atoms with E-state index < -0.39 is 6.10 Å². The summed E-state index contributed by atoms with van der Waals surface area (Å²) in [4.78, 5) is 2.31. The molecule has 0 amide bonds. The first-order valence-electron chi connectivity index (χ1n) is 7.63. The lowest BCUT2D eigenvalue weighted by atomic mass is 9.91. The van der Waals surface area contributed by atoms with Crippen LogP contribution in [0.5, 0.6) is 0 Å². The highest BCUT2D eigenvalue weighted by molar-refractivity contribution is 5.32. The minimum Gasteiger partial charge on any atom is -0.393 e. The van der Waals surface area contributed by atoms with Gasteiger partial charge in [0.1, 0.15) is 0 Å². The van der Waals surface area contributed by atoms with Crippen molar-refractivity contribution in [2.45, 2.75) is 45.8 Å².